The van der Waals surface area contributed by atoms with Crippen molar-refractivity contribution in [3.63, 3.8) is 0 Å². The molecule has 0 unspecified atom stereocenters. The Morgan fingerprint density at radius 2 is 1.22 bits per heavy atom. The minimum Gasteiger partial charge on any atom is -0.459 e. The Morgan fingerprint density at radius 3 is 1.59 bits per heavy atom. The van der Waals surface area contributed by atoms with Crippen LogP contribution in [-0.2, 0) is 19.2 Å². The first kappa shape index (κ1) is 28.4. The second-order valence-electron chi connectivity index (χ2n) is 12.0. The zero-order chi connectivity index (χ0) is 25.1. The monoisotopic (exact) mass is 450 g/mol. The maximum atomic E-state index is 11.6. The van der Waals surface area contributed by atoms with Gasteiger partial charge in [-0.25, -0.2) is 9.59 Å². The van der Waals surface area contributed by atoms with Gasteiger partial charge in [-0.3, -0.25) is 0 Å². The van der Waals surface area contributed by atoms with E-state index in [1.807, 2.05) is 5.06 Å². The first-order valence-corrected chi connectivity index (χ1v) is 11.6. The molecule has 6 heteroatoms. The van der Waals surface area contributed by atoms with Crippen LogP contribution in [0.2, 0.25) is 0 Å². The van der Waals surface area contributed by atoms with Crippen molar-refractivity contribution in [2.75, 3.05) is 0 Å². The van der Waals surface area contributed by atoms with E-state index < -0.39 is 0 Å². The summed E-state index contributed by atoms with van der Waals surface area (Å²) in [5.41, 5.74) is 0.704. The zero-order valence-electron chi connectivity index (χ0n) is 22.1. The minimum atomic E-state index is -0.331. The fourth-order valence-electron chi connectivity index (χ4n) is 4.95. The van der Waals surface area contributed by atoms with Gasteiger partial charge in [0, 0.05) is 35.1 Å². The van der Waals surface area contributed by atoms with Crippen molar-refractivity contribution in [2.24, 2.45) is 0 Å². The minimum absolute atomic E-state index is 0.00176. The number of hydrogen-bond acceptors (Lipinski definition) is 6. The zero-order valence-corrected chi connectivity index (χ0v) is 22.1. The highest BCUT2D eigenvalue weighted by molar-refractivity contribution is 5.87. The van der Waals surface area contributed by atoms with E-state index in [1.54, 1.807) is 13.8 Å². The van der Waals surface area contributed by atoms with E-state index in [0.29, 0.717) is 11.1 Å². The molecule has 6 nitrogen and oxygen atoms in total. The average Bonchev–Trinajstić information content (AvgIpc) is 2.55. The topological polar surface area (TPSA) is 67.9 Å². The predicted octanol–water partition coefficient (Wildman–Crippen LogP) is 5.48. The molecule has 0 aromatic heterocycles. The second kappa shape index (κ2) is 10.1. The van der Waals surface area contributed by atoms with E-state index in [9.17, 15) is 9.59 Å². The molecule has 0 amide bonds. The molecule has 0 aliphatic carbocycles. The first-order valence-electron chi connectivity index (χ1n) is 11.6. The third-order valence-electron chi connectivity index (χ3n) is 5.97. The van der Waals surface area contributed by atoms with Crippen LogP contribution in [0.25, 0.3) is 0 Å². The standard InChI is InChI=1S/2C13H23NO2/c1-9(2)11(15)16-10-7-12(3,4)14-13(5,6)8-10;1-10(2)11(15)16-14-12(3,4)8-7-9-13(14,5)6/h10,14H,1,7-8H2,2-6H3;1,7-9H2,2-6H3. The molecule has 0 aromatic rings. The van der Waals surface area contributed by atoms with Gasteiger partial charge in [0.25, 0.3) is 0 Å². The van der Waals surface area contributed by atoms with Gasteiger partial charge in [0.2, 0.25) is 0 Å². The van der Waals surface area contributed by atoms with Crippen LogP contribution in [-0.4, -0.2) is 45.3 Å². The van der Waals surface area contributed by atoms with Crippen LogP contribution in [0.4, 0.5) is 0 Å². The quantitative estimate of drug-likeness (QED) is 0.452. The number of carbonyl (C=O) groups excluding carboxylic acids is 2. The van der Waals surface area contributed by atoms with Crippen LogP contribution in [0.5, 0.6) is 0 Å². The molecule has 2 rings (SSSR count). The maximum absolute atomic E-state index is 11.6. The van der Waals surface area contributed by atoms with E-state index in [4.69, 9.17) is 9.57 Å². The molecule has 0 bridgehead atoms. The van der Waals surface area contributed by atoms with Crippen LogP contribution in [0.15, 0.2) is 24.3 Å². The second-order valence-corrected chi connectivity index (χ2v) is 12.0. The van der Waals surface area contributed by atoms with Gasteiger partial charge in [-0.1, -0.05) is 13.2 Å². The van der Waals surface area contributed by atoms with E-state index >= 15 is 0 Å². The number of nitrogens with zero attached hydrogens (tertiary/aromatic N) is 1. The van der Waals surface area contributed by atoms with E-state index in [2.05, 4.69) is 73.9 Å². The third kappa shape index (κ3) is 8.36. The lowest BCUT2D eigenvalue weighted by atomic mass is 9.81. The van der Waals surface area contributed by atoms with Crippen LogP contribution in [0, 0.1) is 0 Å². The van der Waals surface area contributed by atoms with Crippen molar-refractivity contribution >= 4 is 11.9 Å². The van der Waals surface area contributed by atoms with Gasteiger partial charge < -0.3 is 14.9 Å². The summed E-state index contributed by atoms with van der Waals surface area (Å²) < 4.78 is 5.45. The SMILES string of the molecule is C=C(C)C(=O)OC1CC(C)(C)NC(C)(C)C1.C=C(C)C(=O)ON1C(C)(C)CCCC1(C)C. The lowest BCUT2D eigenvalue weighted by Crippen LogP contribution is -2.59. The average molecular weight is 451 g/mol. The molecule has 2 aliphatic rings. The Hall–Kier alpha value is -1.66. The van der Waals surface area contributed by atoms with Gasteiger partial charge in [0.1, 0.15) is 6.10 Å². The molecular formula is C26H46N2O4. The van der Waals surface area contributed by atoms with Crippen molar-refractivity contribution in [2.45, 2.75) is 130 Å². The summed E-state index contributed by atoms with van der Waals surface area (Å²) in [7, 11) is 0. The van der Waals surface area contributed by atoms with Gasteiger partial charge in [-0.05, 0) is 88.5 Å². The molecule has 0 spiro atoms. The highest BCUT2D eigenvalue weighted by Gasteiger charge is 2.44. The Bertz CT molecular complexity index is 702. The summed E-state index contributed by atoms with van der Waals surface area (Å²) in [6, 6.07) is 0. The van der Waals surface area contributed by atoms with Gasteiger partial charge in [0.15, 0.2) is 0 Å². The number of hydrogen-bond donors (Lipinski definition) is 1. The molecule has 1 N–H and O–H groups in total. The number of carbonyl (C=O) groups is 2. The van der Waals surface area contributed by atoms with Crippen molar-refractivity contribution in [1.82, 2.24) is 10.4 Å². The van der Waals surface area contributed by atoms with Crippen molar-refractivity contribution in [3.05, 3.63) is 24.3 Å². The number of esters is 1. The number of hydroxylamine groups is 2. The molecule has 0 atom stereocenters. The summed E-state index contributed by atoms with van der Waals surface area (Å²) in [5, 5.41) is 5.40. The Labute approximate surface area is 195 Å². The maximum Gasteiger partial charge on any atom is 0.352 e. The number of ether oxygens (including phenoxy) is 1. The molecule has 0 aromatic carbocycles. The van der Waals surface area contributed by atoms with Crippen LogP contribution < -0.4 is 5.32 Å². The summed E-state index contributed by atoms with van der Waals surface area (Å²) in [6.07, 6.45) is 4.92. The fourth-order valence-corrected chi connectivity index (χ4v) is 4.95. The van der Waals surface area contributed by atoms with Crippen LogP contribution in [0.3, 0.4) is 0 Å². The molecule has 2 fully saturated rings. The largest absolute Gasteiger partial charge is 0.459 e. The van der Waals surface area contributed by atoms with E-state index in [1.165, 1.54) is 6.42 Å². The third-order valence-corrected chi connectivity index (χ3v) is 5.97. The summed E-state index contributed by atoms with van der Waals surface area (Å²) in [4.78, 5) is 28.6. The molecular weight excluding hydrogens is 404 g/mol. The van der Waals surface area contributed by atoms with Crippen LogP contribution >= 0.6 is 0 Å². The van der Waals surface area contributed by atoms with E-state index in [-0.39, 0.29) is 40.2 Å². The molecule has 0 radical (unpaired) electrons. The first-order chi connectivity index (χ1) is 14.3. The number of rotatable bonds is 4. The fraction of sp³-hybridized carbons (Fsp3) is 0.769. The molecule has 32 heavy (non-hydrogen) atoms. The summed E-state index contributed by atoms with van der Waals surface area (Å²) >= 11 is 0. The molecule has 2 aliphatic heterocycles. The summed E-state index contributed by atoms with van der Waals surface area (Å²) in [6.45, 7) is 27.6. The molecule has 184 valence electrons. The summed E-state index contributed by atoms with van der Waals surface area (Å²) in [5.74, 6) is -0.610. The van der Waals surface area contributed by atoms with Gasteiger partial charge in [0.05, 0.1) is 11.1 Å². The highest BCUT2D eigenvalue weighted by atomic mass is 16.7. The van der Waals surface area contributed by atoms with Gasteiger partial charge in [-0.2, -0.15) is 0 Å². The molecule has 2 saturated heterocycles. The Balaban J connectivity index is 0.000000320. The van der Waals surface area contributed by atoms with Crippen molar-refractivity contribution < 1.29 is 19.2 Å². The highest BCUT2D eigenvalue weighted by Crippen LogP contribution is 2.38. The number of nitrogens with one attached hydrogen (secondary N) is 1. The molecule has 0 saturated carbocycles. The lowest BCUT2D eigenvalue weighted by Gasteiger charge is -2.50. The van der Waals surface area contributed by atoms with Gasteiger partial charge in [-0.15, -0.1) is 5.06 Å². The Kier molecular flexibility index (Phi) is 8.94. The predicted molar refractivity (Wildman–Crippen MR) is 130 cm³/mol. The smallest absolute Gasteiger partial charge is 0.352 e. The van der Waals surface area contributed by atoms with Crippen molar-refractivity contribution in [3.8, 4) is 0 Å². The molecule has 2 heterocycles. The number of piperidine rings is 2. The Morgan fingerprint density at radius 1 is 0.812 bits per heavy atom. The van der Waals surface area contributed by atoms with Crippen LogP contribution in [0.1, 0.15) is 101 Å². The van der Waals surface area contributed by atoms with E-state index in [0.717, 1.165) is 25.7 Å². The normalized spacial score (nSPS) is 23.8. The van der Waals surface area contributed by atoms with Crippen molar-refractivity contribution in [1.29, 1.82) is 0 Å². The lowest BCUT2D eigenvalue weighted by molar-refractivity contribution is -0.262. The van der Waals surface area contributed by atoms with Gasteiger partial charge >= 0.3 is 11.9 Å².